The van der Waals surface area contributed by atoms with Crippen LogP contribution in [0, 0.1) is 5.82 Å². The zero-order chi connectivity index (χ0) is 19.0. The van der Waals surface area contributed by atoms with Gasteiger partial charge in [-0.2, -0.15) is 0 Å². The Bertz CT molecular complexity index is 1190. The minimum absolute atomic E-state index is 0.103. The van der Waals surface area contributed by atoms with Gasteiger partial charge in [-0.05, 0) is 58.4 Å². The lowest BCUT2D eigenvalue weighted by molar-refractivity contribution is 0.471. The van der Waals surface area contributed by atoms with Crippen molar-refractivity contribution in [2.45, 2.75) is 0 Å². The largest absolute Gasteiger partial charge is 0.506 e. The van der Waals surface area contributed by atoms with E-state index in [-0.39, 0.29) is 11.6 Å². The van der Waals surface area contributed by atoms with Crippen LogP contribution >= 0.6 is 31.9 Å². The van der Waals surface area contributed by atoms with Gasteiger partial charge in [-0.15, -0.1) is 0 Å². The Morgan fingerprint density at radius 2 is 1.89 bits per heavy atom. The van der Waals surface area contributed by atoms with E-state index in [0.29, 0.717) is 32.4 Å². The lowest BCUT2D eigenvalue weighted by atomic mass is 10.2. The van der Waals surface area contributed by atoms with Crippen LogP contribution < -0.4 is 0 Å². The first kappa shape index (κ1) is 17.9. The highest BCUT2D eigenvalue weighted by Crippen LogP contribution is 2.32. The van der Waals surface area contributed by atoms with Crippen molar-refractivity contribution in [3.05, 3.63) is 74.9 Å². The van der Waals surface area contributed by atoms with Gasteiger partial charge in [-0.25, -0.2) is 9.37 Å². The van der Waals surface area contributed by atoms with Crippen LogP contribution in [0.4, 0.5) is 10.1 Å². The van der Waals surface area contributed by atoms with E-state index >= 15 is 0 Å². The fourth-order valence-corrected chi connectivity index (χ4v) is 3.83. The predicted octanol–water partition coefficient (Wildman–Crippen LogP) is 6.62. The first-order chi connectivity index (χ1) is 13.0. The summed E-state index contributed by atoms with van der Waals surface area (Å²) in [4.78, 5) is 8.75. The van der Waals surface area contributed by atoms with Gasteiger partial charge < -0.3 is 9.52 Å². The standard InChI is InChI=1S/C20H11Br2FN2O2/c21-12-7-11(19(26)15(22)8-12)10-24-13-5-6-18-17(9-13)25-20(27-18)14-3-1-2-4-16(14)23/h1-10,26H. The molecular weight excluding hydrogens is 479 g/mol. The maximum Gasteiger partial charge on any atom is 0.230 e. The number of aliphatic imine (C=N–C) groups is 1. The van der Waals surface area contributed by atoms with Gasteiger partial charge in [-0.3, -0.25) is 4.99 Å². The Morgan fingerprint density at radius 3 is 2.70 bits per heavy atom. The van der Waals surface area contributed by atoms with Gasteiger partial charge in [0, 0.05) is 16.3 Å². The minimum atomic E-state index is -0.391. The number of phenolic OH excluding ortho intramolecular Hbond substituents is 1. The number of nitrogens with zero attached hydrogens (tertiary/aromatic N) is 2. The molecule has 0 aliphatic heterocycles. The molecule has 4 aromatic rings. The lowest BCUT2D eigenvalue weighted by Crippen LogP contribution is -1.84. The summed E-state index contributed by atoms with van der Waals surface area (Å²) in [6, 6.07) is 15.1. The Morgan fingerprint density at radius 1 is 1.07 bits per heavy atom. The fraction of sp³-hybridized carbons (Fsp3) is 0. The molecule has 134 valence electrons. The molecule has 0 aliphatic rings. The van der Waals surface area contributed by atoms with Crippen LogP contribution in [0.25, 0.3) is 22.6 Å². The van der Waals surface area contributed by atoms with Crippen molar-refractivity contribution < 1.29 is 13.9 Å². The van der Waals surface area contributed by atoms with Gasteiger partial charge in [-0.1, -0.05) is 28.1 Å². The van der Waals surface area contributed by atoms with Crippen LogP contribution in [0.3, 0.4) is 0 Å². The Balaban J connectivity index is 1.69. The van der Waals surface area contributed by atoms with Gasteiger partial charge in [0.2, 0.25) is 5.89 Å². The zero-order valence-corrected chi connectivity index (χ0v) is 16.8. The molecular formula is C20H11Br2FN2O2. The third-order valence-electron chi connectivity index (χ3n) is 3.89. The molecule has 4 rings (SSSR count). The third kappa shape index (κ3) is 3.65. The van der Waals surface area contributed by atoms with E-state index in [1.54, 1.807) is 54.7 Å². The van der Waals surface area contributed by atoms with E-state index in [1.807, 2.05) is 0 Å². The maximum atomic E-state index is 13.9. The van der Waals surface area contributed by atoms with Crippen molar-refractivity contribution in [3.8, 4) is 17.2 Å². The average Bonchev–Trinajstić information content (AvgIpc) is 3.07. The molecule has 0 bridgehead atoms. The first-order valence-electron chi connectivity index (χ1n) is 7.89. The monoisotopic (exact) mass is 488 g/mol. The lowest BCUT2D eigenvalue weighted by Gasteiger charge is -2.02. The minimum Gasteiger partial charge on any atom is -0.506 e. The molecule has 1 aromatic heterocycles. The summed E-state index contributed by atoms with van der Waals surface area (Å²) in [6.07, 6.45) is 1.56. The van der Waals surface area contributed by atoms with E-state index < -0.39 is 5.82 Å². The molecule has 7 heteroatoms. The van der Waals surface area contributed by atoms with Crippen molar-refractivity contribution >= 4 is 54.9 Å². The van der Waals surface area contributed by atoms with E-state index in [0.717, 1.165) is 4.47 Å². The molecule has 1 heterocycles. The Kier molecular flexibility index (Phi) is 4.80. The molecule has 27 heavy (non-hydrogen) atoms. The summed E-state index contributed by atoms with van der Waals surface area (Å²) in [5.74, 6) is -0.0675. The second kappa shape index (κ2) is 7.25. The smallest absolute Gasteiger partial charge is 0.230 e. The second-order valence-electron chi connectivity index (χ2n) is 5.73. The predicted molar refractivity (Wildman–Crippen MR) is 110 cm³/mol. The molecule has 0 saturated carbocycles. The summed E-state index contributed by atoms with van der Waals surface area (Å²) in [5, 5.41) is 10.1. The Labute approximate surface area is 170 Å². The number of aromatic nitrogens is 1. The fourth-order valence-electron chi connectivity index (χ4n) is 2.57. The molecule has 0 unspecified atom stereocenters. The van der Waals surface area contributed by atoms with E-state index in [1.165, 1.54) is 6.07 Å². The quantitative estimate of drug-likeness (QED) is 0.329. The van der Waals surface area contributed by atoms with Gasteiger partial charge in [0.25, 0.3) is 0 Å². The molecule has 0 spiro atoms. The summed E-state index contributed by atoms with van der Waals surface area (Å²) in [6.45, 7) is 0. The molecule has 0 atom stereocenters. The topological polar surface area (TPSA) is 58.6 Å². The van der Waals surface area contributed by atoms with Crippen molar-refractivity contribution in [2.24, 2.45) is 4.99 Å². The van der Waals surface area contributed by atoms with Crippen LogP contribution in [0.2, 0.25) is 0 Å². The number of hydrogen-bond acceptors (Lipinski definition) is 4. The SMILES string of the molecule is Oc1c(Br)cc(Br)cc1C=Nc1ccc2oc(-c3ccccc3F)nc2c1. The highest BCUT2D eigenvalue weighted by Gasteiger charge is 2.12. The van der Waals surface area contributed by atoms with Gasteiger partial charge >= 0.3 is 0 Å². The van der Waals surface area contributed by atoms with Gasteiger partial charge in [0.15, 0.2) is 5.58 Å². The molecule has 0 amide bonds. The maximum absolute atomic E-state index is 13.9. The zero-order valence-electron chi connectivity index (χ0n) is 13.7. The van der Waals surface area contributed by atoms with Crippen molar-refractivity contribution in [1.29, 1.82) is 0 Å². The molecule has 0 fully saturated rings. The number of hydrogen-bond donors (Lipinski definition) is 1. The highest BCUT2D eigenvalue weighted by molar-refractivity contribution is 9.11. The van der Waals surface area contributed by atoms with Crippen LogP contribution in [-0.4, -0.2) is 16.3 Å². The van der Waals surface area contributed by atoms with Gasteiger partial charge in [0.05, 0.1) is 15.7 Å². The molecule has 3 aromatic carbocycles. The number of fused-ring (bicyclic) bond motifs is 1. The van der Waals surface area contributed by atoms with Crippen LogP contribution in [-0.2, 0) is 0 Å². The number of oxazole rings is 1. The van der Waals surface area contributed by atoms with Crippen LogP contribution in [0.5, 0.6) is 5.75 Å². The molecule has 0 aliphatic carbocycles. The highest BCUT2D eigenvalue weighted by atomic mass is 79.9. The average molecular weight is 490 g/mol. The summed E-state index contributed by atoms with van der Waals surface area (Å²) in [5.41, 5.74) is 2.61. The number of benzene rings is 3. The number of phenols is 1. The van der Waals surface area contributed by atoms with E-state index in [2.05, 4.69) is 41.8 Å². The summed E-state index contributed by atoms with van der Waals surface area (Å²) >= 11 is 6.67. The summed E-state index contributed by atoms with van der Waals surface area (Å²) < 4.78 is 21.0. The van der Waals surface area contributed by atoms with Crippen LogP contribution in [0.1, 0.15) is 5.56 Å². The second-order valence-corrected chi connectivity index (χ2v) is 7.50. The first-order valence-corrected chi connectivity index (χ1v) is 9.47. The third-order valence-corrected chi connectivity index (χ3v) is 4.95. The van der Waals surface area contributed by atoms with Crippen molar-refractivity contribution in [1.82, 2.24) is 4.98 Å². The Hall–Kier alpha value is -2.51. The molecule has 0 saturated heterocycles. The van der Waals surface area contributed by atoms with Crippen molar-refractivity contribution in [2.75, 3.05) is 0 Å². The molecule has 0 radical (unpaired) electrons. The van der Waals surface area contributed by atoms with Gasteiger partial charge in [0.1, 0.15) is 17.1 Å². The molecule has 4 nitrogen and oxygen atoms in total. The van der Waals surface area contributed by atoms with E-state index in [9.17, 15) is 9.50 Å². The molecule has 1 N–H and O–H groups in total. The normalized spacial score (nSPS) is 11.5. The number of rotatable bonds is 3. The van der Waals surface area contributed by atoms with E-state index in [4.69, 9.17) is 4.42 Å². The number of halogens is 3. The van der Waals surface area contributed by atoms with Crippen molar-refractivity contribution in [3.63, 3.8) is 0 Å². The number of aromatic hydroxyl groups is 1. The van der Waals surface area contributed by atoms with Crippen LogP contribution in [0.15, 0.2) is 73.0 Å². The summed E-state index contributed by atoms with van der Waals surface area (Å²) in [7, 11) is 0.